The van der Waals surface area contributed by atoms with Crippen LogP contribution in [0, 0.1) is 0 Å². The Hall–Kier alpha value is -0.510. The number of halogens is 1. The minimum atomic E-state index is 0.0676. The van der Waals surface area contributed by atoms with E-state index in [1.54, 1.807) is 0 Å². The van der Waals surface area contributed by atoms with Crippen molar-refractivity contribution in [2.45, 2.75) is 59.3 Å². The van der Waals surface area contributed by atoms with E-state index >= 15 is 0 Å². The lowest BCUT2D eigenvalue weighted by Gasteiger charge is -2.29. The van der Waals surface area contributed by atoms with Crippen LogP contribution < -0.4 is 3.07 Å². The van der Waals surface area contributed by atoms with E-state index in [1.165, 1.54) is 16.7 Å². The molecule has 1 aromatic carbocycles. The molecule has 2 heteroatoms. The van der Waals surface area contributed by atoms with Crippen molar-refractivity contribution in [3.05, 3.63) is 34.9 Å². The van der Waals surface area contributed by atoms with Crippen LogP contribution in [0.2, 0.25) is 0 Å². The molecule has 0 unspecified atom stereocenters. The average molecular weight is 372 g/mol. The molecule has 0 fully saturated rings. The molecule has 1 nitrogen and oxygen atoms in total. The number of benzene rings is 1. The summed E-state index contributed by atoms with van der Waals surface area (Å²) in [5, 5.41) is 0. The Morgan fingerprint density at radius 3 is 1.63 bits per heavy atom. The second-order valence-corrected chi connectivity index (χ2v) is 7.46. The van der Waals surface area contributed by atoms with Crippen LogP contribution in [0.15, 0.2) is 18.2 Å². The Kier molecular flexibility index (Phi) is 5.10. The molecule has 106 valence electrons. The number of hydrogen-bond donors (Lipinski definition) is 0. The summed E-state index contributed by atoms with van der Waals surface area (Å²) < 4.78 is 5.71. The molecule has 0 aliphatic carbocycles. The molecular formula is C17H25IO. The monoisotopic (exact) mass is 372 g/mol. The molecule has 0 N–H and O–H groups in total. The van der Waals surface area contributed by atoms with Crippen molar-refractivity contribution >= 4 is 29.1 Å². The molecular weight excluding hydrogens is 347 g/mol. The Morgan fingerprint density at radius 1 is 0.947 bits per heavy atom. The van der Waals surface area contributed by atoms with Gasteiger partial charge in [0.1, 0.15) is 5.75 Å². The third kappa shape index (κ3) is 3.98. The lowest BCUT2D eigenvalue weighted by atomic mass is 9.78. The van der Waals surface area contributed by atoms with Gasteiger partial charge in [-0.05, 0) is 35.4 Å². The van der Waals surface area contributed by atoms with E-state index in [0.717, 1.165) is 5.75 Å². The standard InChI is InChI=1S/C17H25IO/c1-8-9-12-10-13(16(2,3)4)15(19-18)14(11-12)17(5,6)7/h8-11H,1-7H3/b9-8+. The summed E-state index contributed by atoms with van der Waals surface area (Å²) >= 11 is 2.00. The molecule has 0 amide bonds. The highest BCUT2D eigenvalue weighted by molar-refractivity contribution is 14.1. The summed E-state index contributed by atoms with van der Waals surface area (Å²) in [5.74, 6) is 1.02. The van der Waals surface area contributed by atoms with Gasteiger partial charge in [-0.2, -0.15) is 0 Å². The predicted molar refractivity (Wildman–Crippen MR) is 93.2 cm³/mol. The van der Waals surface area contributed by atoms with E-state index < -0.39 is 0 Å². The normalized spacial score (nSPS) is 13.1. The van der Waals surface area contributed by atoms with Gasteiger partial charge in [-0.25, -0.2) is 0 Å². The van der Waals surface area contributed by atoms with Crippen LogP contribution in [0.3, 0.4) is 0 Å². The minimum Gasteiger partial charge on any atom is -0.427 e. The molecule has 0 atom stereocenters. The first-order valence-corrected chi connectivity index (χ1v) is 7.59. The third-order valence-electron chi connectivity index (χ3n) is 3.16. The maximum absolute atomic E-state index is 5.71. The fourth-order valence-electron chi connectivity index (χ4n) is 2.14. The van der Waals surface area contributed by atoms with E-state index in [1.807, 2.05) is 23.0 Å². The Balaban J connectivity index is 3.66. The largest absolute Gasteiger partial charge is 0.427 e. The lowest BCUT2D eigenvalue weighted by Crippen LogP contribution is -2.18. The predicted octanol–water partition coefficient (Wildman–Crippen LogP) is 6.04. The number of allylic oxidation sites excluding steroid dienone is 1. The van der Waals surface area contributed by atoms with Crippen LogP contribution in [0.1, 0.15) is 65.2 Å². The molecule has 0 aliphatic rings. The van der Waals surface area contributed by atoms with Gasteiger partial charge < -0.3 is 3.07 Å². The Labute approximate surface area is 132 Å². The summed E-state index contributed by atoms with van der Waals surface area (Å²) in [6, 6.07) is 4.48. The maximum atomic E-state index is 5.71. The van der Waals surface area contributed by atoms with Crippen LogP contribution >= 0.6 is 23.0 Å². The molecule has 0 radical (unpaired) electrons. The summed E-state index contributed by atoms with van der Waals surface area (Å²) in [5.41, 5.74) is 3.91. The van der Waals surface area contributed by atoms with Gasteiger partial charge in [0.25, 0.3) is 0 Å². The van der Waals surface area contributed by atoms with E-state index in [2.05, 4.69) is 72.8 Å². The van der Waals surface area contributed by atoms with E-state index in [0.29, 0.717) is 0 Å². The van der Waals surface area contributed by atoms with Crippen LogP contribution in [0.25, 0.3) is 6.08 Å². The molecule has 0 aromatic heterocycles. The van der Waals surface area contributed by atoms with Crippen molar-refractivity contribution in [3.63, 3.8) is 0 Å². The second-order valence-electron chi connectivity index (χ2n) is 7.02. The molecule has 0 bridgehead atoms. The highest BCUT2D eigenvalue weighted by Crippen LogP contribution is 2.41. The summed E-state index contributed by atoms with van der Waals surface area (Å²) in [6.07, 6.45) is 4.24. The van der Waals surface area contributed by atoms with Crippen LogP contribution in [0.5, 0.6) is 5.75 Å². The van der Waals surface area contributed by atoms with Crippen molar-refractivity contribution in [1.82, 2.24) is 0 Å². The quantitative estimate of drug-likeness (QED) is 0.575. The highest BCUT2D eigenvalue weighted by Gasteiger charge is 2.27. The maximum Gasteiger partial charge on any atom is 0.192 e. The van der Waals surface area contributed by atoms with E-state index in [9.17, 15) is 0 Å². The van der Waals surface area contributed by atoms with Gasteiger partial charge >= 0.3 is 0 Å². The molecule has 0 spiro atoms. The Morgan fingerprint density at radius 2 is 1.37 bits per heavy atom. The lowest BCUT2D eigenvalue weighted by molar-refractivity contribution is 0.527. The average Bonchev–Trinajstić information content (AvgIpc) is 2.26. The van der Waals surface area contributed by atoms with E-state index in [4.69, 9.17) is 3.07 Å². The first kappa shape index (κ1) is 16.5. The van der Waals surface area contributed by atoms with Gasteiger partial charge in [0.15, 0.2) is 23.0 Å². The minimum absolute atomic E-state index is 0.0676. The zero-order valence-electron chi connectivity index (χ0n) is 13.1. The molecule has 0 saturated carbocycles. The first-order valence-electron chi connectivity index (χ1n) is 6.71. The van der Waals surface area contributed by atoms with Gasteiger partial charge in [0.2, 0.25) is 0 Å². The van der Waals surface area contributed by atoms with Gasteiger partial charge in [-0.1, -0.05) is 53.7 Å². The van der Waals surface area contributed by atoms with Gasteiger partial charge in [-0.3, -0.25) is 0 Å². The molecule has 1 rings (SSSR count). The SMILES string of the molecule is C/C=C/c1cc(C(C)(C)C)c(OI)c(C(C)(C)C)c1. The fraction of sp³-hybridized carbons (Fsp3) is 0.529. The Bertz CT molecular complexity index is 438. The van der Waals surface area contributed by atoms with Crippen LogP contribution in [0.4, 0.5) is 0 Å². The molecule has 0 heterocycles. The number of rotatable bonds is 2. The highest BCUT2D eigenvalue weighted by atomic mass is 127. The molecule has 1 aromatic rings. The van der Waals surface area contributed by atoms with Crippen molar-refractivity contribution in [2.24, 2.45) is 0 Å². The fourth-order valence-corrected chi connectivity index (χ4v) is 2.61. The smallest absolute Gasteiger partial charge is 0.192 e. The zero-order chi connectivity index (χ0) is 14.8. The van der Waals surface area contributed by atoms with Gasteiger partial charge in [0.05, 0.1) is 0 Å². The van der Waals surface area contributed by atoms with Gasteiger partial charge in [-0.15, -0.1) is 0 Å². The van der Waals surface area contributed by atoms with E-state index in [-0.39, 0.29) is 10.8 Å². The summed E-state index contributed by atoms with van der Waals surface area (Å²) in [4.78, 5) is 0. The van der Waals surface area contributed by atoms with Crippen molar-refractivity contribution in [3.8, 4) is 5.75 Å². The molecule has 19 heavy (non-hydrogen) atoms. The molecule has 0 aliphatic heterocycles. The third-order valence-corrected chi connectivity index (χ3v) is 3.60. The van der Waals surface area contributed by atoms with Crippen molar-refractivity contribution in [2.75, 3.05) is 0 Å². The summed E-state index contributed by atoms with van der Waals surface area (Å²) in [6.45, 7) is 15.4. The van der Waals surface area contributed by atoms with Crippen molar-refractivity contribution < 1.29 is 3.07 Å². The topological polar surface area (TPSA) is 9.23 Å². The molecule has 0 saturated heterocycles. The van der Waals surface area contributed by atoms with Gasteiger partial charge in [0, 0.05) is 11.1 Å². The van der Waals surface area contributed by atoms with Crippen LogP contribution in [-0.4, -0.2) is 0 Å². The first-order chi connectivity index (χ1) is 8.61. The zero-order valence-corrected chi connectivity index (χ0v) is 15.3. The second kappa shape index (κ2) is 5.86. The van der Waals surface area contributed by atoms with Crippen LogP contribution in [-0.2, 0) is 10.8 Å². The van der Waals surface area contributed by atoms with Crippen molar-refractivity contribution in [1.29, 1.82) is 0 Å². The summed E-state index contributed by atoms with van der Waals surface area (Å²) in [7, 11) is 0. The number of hydrogen-bond acceptors (Lipinski definition) is 1.